The quantitative estimate of drug-likeness (QED) is 0.353. The van der Waals surface area contributed by atoms with E-state index >= 15 is 0 Å². The second kappa shape index (κ2) is 9.96. The normalized spacial score (nSPS) is 23.8. The molecule has 3 aromatic rings. The number of alkyl halides is 3. The van der Waals surface area contributed by atoms with Crippen LogP contribution in [-0.2, 0) is 10.3 Å². The number of nitrogens with one attached hydrogen (secondary N) is 1. The Morgan fingerprint density at radius 1 is 0.949 bits per heavy atom. The lowest BCUT2D eigenvalue weighted by Gasteiger charge is -2.37. The molecule has 39 heavy (non-hydrogen) atoms. The van der Waals surface area contributed by atoms with Gasteiger partial charge in [0.15, 0.2) is 0 Å². The summed E-state index contributed by atoms with van der Waals surface area (Å²) >= 11 is 0. The van der Waals surface area contributed by atoms with Crippen LogP contribution in [0.4, 0.5) is 18.0 Å². The molecule has 1 unspecified atom stereocenters. The maximum Gasteiger partial charge on any atom is 0.573 e. The van der Waals surface area contributed by atoms with Gasteiger partial charge >= 0.3 is 12.5 Å². The maximum atomic E-state index is 12.7. The van der Waals surface area contributed by atoms with Gasteiger partial charge in [0.05, 0.1) is 11.6 Å². The van der Waals surface area contributed by atoms with Gasteiger partial charge in [0.1, 0.15) is 18.1 Å². The van der Waals surface area contributed by atoms with Gasteiger partial charge in [-0.25, -0.2) is 4.79 Å². The van der Waals surface area contributed by atoms with Crippen molar-refractivity contribution in [2.24, 2.45) is 11.3 Å². The molecule has 1 atom stereocenters. The summed E-state index contributed by atoms with van der Waals surface area (Å²) in [6.07, 6.45) is -1.05. The standard InChI is InChI=1S/C31H34F3NO4/c1-29(2,3)21-8-13-23(14-9-21)38-26-16-7-20-17-22(30(4)18-37-28(36)35-30)10-15-25(20)27(26)19-5-11-24(12-6-19)39-31(32,33)34/h5-7,10-12,15-17,21,23H,8-9,13-14,18H2,1-4H3,(H,35,36). The van der Waals surface area contributed by atoms with E-state index in [-0.39, 0.29) is 23.9 Å². The molecule has 1 amide bonds. The van der Waals surface area contributed by atoms with E-state index in [2.05, 4.69) is 30.8 Å². The molecular formula is C31H34F3NO4. The molecule has 1 heterocycles. The van der Waals surface area contributed by atoms with E-state index in [4.69, 9.17) is 9.47 Å². The van der Waals surface area contributed by atoms with Gasteiger partial charge in [0.2, 0.25) is 0 Å². The van der Waals surface area contributed by atoms with Crippen molar-refractivity contribution >= 4 is 16.9 Å². The number of cyclic esters (lactones) is 1. The van der Waals surface area contributed by atoms with Gasteiger partial charge in [-0.15, -0.1) is 13.2 Å². The van der Waals surface area contributed by atoms with Crippen molar-refractivity contribution in [2.75, 3.05) is 6.61 Å². The number of amides is 1. The number of hydrogen-bond acceptors (Lipinski definition) is 4. The first-order chi connectivity index (χ1) is 18.3. The Labute approximate surface area is 226 Å². The molecule has 0 spiro atoms. The monoisotopic (exact) mass is 541 g/mol. The Kier molecular flexibility index (Phi) is 6.93. The Hall–Kier alpha value is -3.42. The van der Waals surface area contributed by atoms with Crippen molar-refractivity contribution < 1.29 is 32.2 Å². The highest BCUT2D eigenvalue weighted by atomic mass is 19.4. The van der Waals surface area contributed by atoms with Crippen LogP contribution in [0, 0.1) is 11.3 Å². The summed E-state index contributed by atoms with van der Waals surface area (Å²) < 4.78 is 54.1. The number of carbonyl (C=O) groups is 1. The summed E-state index contributed by atoms with van der Waals surface area (Å²) in [5.74, 6) is 1.07. The maximum absolute atomic E-state index is 12.7. The highest BCUT2D eigenvalue weighted by molar-refractivity contribution is 6.00. The summed E-state index contributed by atoms with van der Waals surface area (Å²) in [6, 6.07) is 15.7. The molecule has 1 aliphatic carbocycles. The largest absolute Gasteiger partial charge is 0.573 e. The third-order valence-corrected chi connectivity index (χ3v) is 8.06. The van der Waals surface area contributed by atoms with E-state index in [0.717, 1.165) is 53.1 Å². The third kappa shape index (κ3) is 5.94. The molecule has 5 nitrogen and oxygen atoms in total. The number of hydrogen-bond donors (Lipinski definition) is 1. The van der Waals surface area contributed by atoms with E-state index in [1.54, 1.807) is 12.1 Å². The van der Waals surface area contributed by atoms with Gasteiger partial charge in [-0.2, -0.15) is 0 Å². The van der Waals surface area contributed by atoms with Crippen molar-refractivity contribution in [3.8, 4) is 22.6 Å². The summed E-state index contributed by atoms with van der Waals surface area (Å²) in [6.45, 7) is 8.98. The molecule has 3 aromatic carbocycles. The molecule has 2 fully saturated rings. The molecule has 8 heteroatoms. The number of fused-ring (bicyclic) bond motifs is 1. The average Bonchev–Trinajstić information content (AvgIpc) is 3.22. The van der Waals surface area contributed by atoms with Crippen LogP contribution in [0.1, 0.15) is 58.9 Å². The third-order valence-electron chi connectivity index (χ3n) is 8.06. The van der Waals surface area contributed by atoms with Crippen LogP contribution in [0.25, 0.3) is 21.9 Å². The number of benzene rings is 3. The number of alkyl carbamates (subject to hydrolysis) is 1. The van der Waals surface area contributed by atoms with Crippen molar-refractivity contribution in [3.63, 3.8) is 0 Å². The molecule has 0 radical (unpaired) electrons. The van der Waals surface area contributed by atoms with Crippen molar-refractivity contribution in [1.82, 2.24) is 5.32 Å². The van der Waals surface area contributed by atoms with E-state index in [0.29, 0.717) is 11.7 Å². The number of ether oxygens (including phenoxy) is 3. The zero-order valence-corrected chi connectivity index (χ0v) is 22.7. The van der Waals surface area contributed by atoms with Crippen LogP contribution in [-0.4, -0.2) is 25.2 Å². The zero-order valence-electron chi connectivity index (χ0n) is 22.7. The fourth-order valence-corrected chi connectivity index (χ4v) is 5.76. The number of rotatable bonds is 5. The smallest absolute Gasteiger partial charge is 0.490 e. The second-order valence-electron chi connectivity index (χ2n) is 11.9. The summed E-state index contributed by atoms with van der Waals surface area (Å²) in [7, 11) is 0. The lowest BCUT2D eigenvalue weighted by Crippen LogP contribution is -2.37. The minimum Gasteiger partial charge on any atom is -0.490 e. The lowest BCUT2D eigenvalue weighted by atomic mass is 9.72. The molecule has 1 saturated heterocycles. The summed E-state index contributed by atoms with van der Waals surface area (Å²) in [4.78, 5) is 11.7. The first kappa shape index (κ1) is 27.2. The first-order valence-electron chi connectivity index (χ1n) is 13.4. The SMILES string of the molecule is CC1(c2ccc3c(-c4ccc(OC(F)(F)F)cc4)c(OC4CCC(C(C)(C)C)CC4)ccc3c2)COC(=O)N1. The summed E-state index contributed by atoms with van der Waals surface area (Å²) in [5.41, 5.74) is 2.05. The second-order valence-corrected chi connectivity index (χ2v) is 11.9. The Bertz CT molecular complexity index is 1360. The van der Waals surface area contributed by atoms with Gasteiger partial charge in [-0.3, -0.25) is 0 Å². The molecule has 2 aliphatic rings. The van der Waals surface area contributed by atoms with E-state index < -0.39 is 18.0 Å². The highest BCUT2D eigenvalue weighted by Crippen LogP contribution is 2.43. The molecule has 208 valence electrons. The lowest BCUT2D eigenvalue weighted by molar-refractivity contribution is -0.274. The molecular weight excluding hydrogens is 507 g/mol. The van der Waals surface area contributed by atoms with Crippen molar-refractivity contribution in [3.05, 3.63) is 60.2 Å². The predicted octanol–water partition coefficient (Wildman–Crippen LogP) is 8.34. The van der Waals surface area contributed by atoms with Crippen LogP contribution in [0.15, 0.2) is 54.6 Å². The molecule has 5 rings (SSSR count). The molecule has 0 bridgehead atoms. The van der Waals surface area contributed by atoms with Crippen LogP contribution >= 0.6 is 0 Å². The highest BCUT2D eigenvalue weighted by Gasteiger charge is 2.37. The Morgan fingerprint density at radius 3 is 2.23 bits per heavy atom. The summed E-state index contributed by atoms with van der Waals surface area (Å²) in [5, 5.41) is 4.69. The van der Waals surface area contributed by atoms with Crippen LogP contribution in [0.5, 0.6) is 11.5 Å². The number of halogens is 3. The van der Waals surface area contributed by atoms with Crippen LogP contribution in [0.2, 0.25) is 0 Å². The van der Waals surface area contributed by atoms with Gasteiger partial charge in [0.25, 0.3) is 0 Å². The molecule has 0 aromatic heterocycles. The van der Waals surface area contributed by atoms with Crippen molar-refractivity contribution in [2.45, 2.75) is 71.4 Å². The average molecular weight is 542 g/mol. The van der Waals surface area contributed by atoms with Gasteiger partial charge in [-0.1, -0.05) is 51.1 Å². The Morgan fingerprint density at radius 2 is 1.64 bits per heavy atom. The van der Waals surface area contributed by atoms with Gasteiger partial charge in [-0.05, 0) is 90.1 Å². The fourth-order valence-electron chi connectivity index (χ4n) is 5.76. The van der Waals surface area contributed by atoms with Gasteiger partial charge < -0.3 is 19.5 Å². The topological polar surface area (TPSA) is 56.8 Å². The number of carbonyl (C=O) groups excluding carboxylic acids is 1. The van der Waals surface area contributed by atoms with Crippen molar-refractivity contribution in [1.29, 1.82) is 0 Å². The van der Waals surface area contributed by atoms with Gasteiger partial charge in [0, 0.05) is 5.56 Å². The van der Waals surface area contributed by atoms with Crippen LogP contribution in [0.3, 0.4) is 0 Å². The molecule has 1 aliphatic heterocycles. The van der Waals surface area contributed by atoms with E-state index in [9.17, 15) is 18.0 Å². The Balaban J connectivity index is 1.51. The van der Waals surface area contributed by atoms with Crippen LogP contribution < -0.4 is 14.8 Å². The molecule has 1 saturated carbocycles. The fraction of sp³-hybridized carbons (Fsp3) is 0.452. The molecule has 1 N–H and O–H groups in total. The first-order valence-corrected chi connectivity index (χ1v) is 13.4. The predicted molar refractivity (Wildman–Crippen MR) is 144 cm³/mol. The minimum atomic E-state index is -4.76. The zero-order chi connectivity index (χ0) is 28.0. The minimum absolute atomic E-state index is 0.0664. The van der Waals surface area contributed by atoms with E-state index in [1.807, 2.05) is 37.3 Å². The van der Waals surface area contributed by atoms with E-state index in [1.165, 1.54) is 12.1 Å².